The minimum absolute atomic E-state index is 0.00620. The van der Waals surface area contributed by atoms with Crippen molar-refractivity contribution in [2.45, 2.75) is 17.7 Å². The predicted octanol–water partition coefficient (Wildman–Crippen LogP) is 1.35. The van der Waals surface area contributed by atoms with Crippen molar-refractivity contribution in [2.75, 3.05) is 32.7 Å². The minimum Gasteiger partial charge on any atom is -0.353 e. The molecule has 1 aromatic rings. The van der Waals surface area contributed by atoms with Gasteiger partial charge in [0.25, 0.3) is 0 Å². The first-order valence-corrected chi connectivity index (χ1v) is 10.5. The fourth-order valence-corrected chi connectivity index (χ4v) is 5.46. The summed E-state index contributed by atoms with van der Waals surface area (Å²) in [5.74, 6) is -0.528. The van der Waals surface area contributed by atoms with Crippen molar-refractivity contribution in [1.29, 1.82) is 0 Å². The van der Waals surface area contributed by atoms with Crippen molar-refractivity contribution in [3.05, 3.63) is 28.2 Å². The quantitative estimate of drug-likeness (QED) is 0.800. The number of halogens is 2. The molecule has 10 heteroatoms. The van der Waals surface area contributed by atoms with Crippen LogP contribution in [-0.2, 0) is 19.6 Å². The highest BCUT2D eigenvalue weighted by atomic mass is 35.5. The third-order valence-corrected chi connectivity index (χ3v) is 7.56. The van der Waals surface area contributed by atoms with Gasteiger partial charge in [-0.1, -0.05) is 29.3 Å². The molecule has 7 nitrogen and oxygen atoms in total. The Morgan fingerprint density at radius 3 is 2.50 bits per heavy atom. The fraction of sp³-hybridized carbons (Fsp3) is 0.500. The standard InChI is InChI=1S/C16H19Cl2N3O4S/c17-12-2-1-3-13(15(12)18)26(24,25)21-7-4-11(5-8-21)16(23)20-9-6-19-14(22)10-20/h1-3,11H,4-10H2,(H,19,22). The first-order valence-electron chi connectivity index (χ1n) is 8.30. The number of nitrogens with one attached hydrogen (secondary N) is 1. The second-order valence-corrected chi connectivity index (χ2v) is 9.03. The molecule has 0 saturated carbocycles. The fourth-order valence-electron chi connectivity index (χ4n) is 3.25. The number of hydrogen-bond donors (Lipinski definition) is 1. The highest BCUT2D eigenvalue weighted by Gasteiger charge is 2.35. The Labute approximate surface area is 162 Å². The van der Waals surface area contributed by atoms with Gasteiger partial charge in [0.15, 0.2) is 0 Å². The first kappa shape index (κ1) is 19.4. The first-order chi connectivity index (χ1) is 12.3. The zero-order valence-electron chi connectivity index (χ0n) is 14.0. The molecule has 3 rings (SSSR count). The molecule has 2 heterocycles. The average Bonchev–Trinajstić information content (AvgIpc) is 2.63. The normalized spacial score (nSPS) is 20.1. The van der Waals surface area contributed by atoms with E-state index in [1.807, 2.05) is 0 Å². The molecule has 2 saturated heterocycles. The molecule has 2 amide bonds. The molecule has 26 heavy (non-hydrogen) atoms. The van der Waals surface area contributed by atoms with Gasteiger partial charge in [0.2, 0.25) is 21.8 Å². The number of carbonyl (C=O) groups excluding carboxylic acids is 2. The van der Waals surface area contributed by atoms with Gasteiger partial charge in [-0.3, -0.25) is 9.59 Å². The van der Waals surface area contributed by atoms with Crippen LogP contribution in [0.3, 0.4) is 0 Å². The molecule has 0 bridgehead atoms. The molecule has 142 valence electrons. The van der Waals surface area contributed by atoms with Crippen molar-refractivity contribution >= 4 is 45.0 Å². The van der Waals surface area contributed by atoms with E-state index in [9.17, 15) is 18.0 Å². The molecule has 2 fully saturated rings. The maximum absolute atomic E-state index is 12.8. The number of piperazine rings is 1. The van der Waals surface area contributed by atoms with Crippen LogP contribution in [0.1, 0.15) is 12.8 Å². The predicted molar refractivity (Wildman–Crippen MR) is 97.5 cm³/mol. The van der Waals surface area contributed by atoms with Gasteiger partial charge in [0.1, 0.15) is 4.90 Å². The van der Waals surface area contributed by atoms with Crippen molar-refractivity contribution in [3.63, 3.8) is 0 Å². The number of nitrogens with zero attached hydrogens (tertiary/aromatic N) is 2. The highest BCUT2D eigenvalue weighted by molar-refractivity contribution is 7.89. The lowest BCUT2D eigenvalue weighted by molar-refractivity contribution is -0.142. The Kier molecular flexibility index (Phi) is 5.76. The van der Waals surface area contributed by atoms with Crippen molar-refractivity contribution < 1.29 is 18.0 Å². The van der Waals surface area contributed by atoms with Crippen LogP contribution in [0.15, 0.2) is 23.1 Å². The second-order valence-electron chi connectivity index (χ2n) is 6.34. The molecule has 0 atom stereocenters. The maximum atomic E-state index is 12.8. The lowest BCUT2D eigenvalue weighted by Crippen LogP contribution is -2.53. The van der Waals surface area contributed by atoms with E-state index in [2.05, 4.69) is 5.32 Å². The van der Waals surface area contributed by atoms with E-state index >= 15 is 0 Å². The SMILES string of the molecule is O=C1CN(C(=O)C2CCN(S(=O)(=O)c3cccc(Cl)c3Cl)CC2)CCN1. The summed E-state index contributed by atoms with van der Waals surface area (Å²) in [7, 11) is -3.77. The number of amides is 2. The molecule has 0 aliphatic carbocycles. The number of rotatable bonds is 3. The van der Waals surface area contributed by atoms with Gasteiger partial charge in [-0.15, -0.1) is 0 Å². The summed E-state index contributed by atoms with van der Waals surface area (Å²) in [6.07, 6.45) is 0.822. The lowest BCUT2D eigenvalue weighted by Gasteiger charge is -2.35. The number of benzene rings is 1. The molecular weight excluding hydrogens is 401 g/mol. The lowest BCUT2D eigenvalue weighted by atomic mass is 9.96. The molecule has 1 aromatic carbocycles. The van der Waals surface area contributed by atoms with Gasteiger partial charge in [0.05, 0.1) is 16.6 Å². The summed E-state index contributed by atoms with van der Waals surface area (Å²) < 4.78 is 27.0. The third kappa shape index (κ3) is 3.83. The largest absolute Gasteiger partial charge is 0.353 e. The maximum Gasteiger partial charge on any atom is 0.244 e. The van der Waals surface area contributed by atoms with Crippen molar-refractivity contribution in [1.82, 2.24) is 14.5 Å². The summed E-state index contributed by atoms with van der Waals surface area (Å²) in [5, 5.41) is 2.87. The molecule has 0 spiro atoms. The van der Waals surface area contributed by atoms with E-state index in [-0.39, 0.29) is 52.3 Å². The van der Waals surface area contributed by atoms with Crippen LogP contribution in [0, 0.1) is 5.92 Å². The smallest absolute Gasteiger partial charge is 0.244 e. The minimum atomic E-state index is -3.77. The van der Waals surface area contributed by atoms with Gasteiger partial charge in [-0.25, -0.2) is 8.42 Å². The Morgan fingerprint density at radius 1 is 1.15 bits per heavy atom. The molecular formula is C16H19Cl2N3O4S. The van der Waals surface area contributed by atoms with Crippen LogP contribution in [0.4, 0.5) is 0 Å². The summed E-state index contributed by atoms with van der Waals surface area (Å²) in [4.78, 5) is 25.5. The number of hydrogen-bond acceptors (Lipinski definition) is 4. The summed E-state index contributed by atoms with van der Waals surface area (Å²) in [6.45, 7) is 1.45. The van der Waals surface area contributed by atoms with E-state index in [4.69, 9.17) is 23.2 Å². The number of carbonyl (C=O) groups is 2. The van der Waals surface area contributed by atoms with E-state index in [1.54, 1.807) is 11.0 Å². The molecule has 2 aliphatic heterocycles. The molecule has 0 radical (unpaired) electrons. The van der Waals surface area contributed by atoms with E-state index < -0.39 is 10.0 Å². The highest BCUT2D eigenvalue weighted by Crippen LogP contribution is 2.32. The Bertz CT molecular complexity index is 823. The Morgan fingerprint density at radius 2 is 1.85 bits per heavy atom. The number of piperidine rings is 1. The summed E-state index contributed by atoms with van der Waals surface area (Å²) in [5.41, 5.74) is 0. The van der Waals surface area contributed by atoms with E-state index in [0.29, 0.717) is 25.9 Å². The average molecular weight is 420 g/mol. The molecule has 1 N–H and O–H groups in total. The van der Waals surface area contributed by atoms with Gasteiger partial charge < -0.3 is 10.2 Å². The third-order valence-electron chi connectivity index (χ3n) is 4.69. The topological polar surface area (TPSA) is 86.8 Å². The van der Waals surface area contributed by atoms with Gasteiger partial charge >= 0.3 is 0 Å². The van der Waals surface area contributed by atoms with Gasteiger partial charge in [-0.2, -0.15) is 4.31 Å². The van der Waals surface area contributed by atoms with Crippen LogP contribution in [0.5, 0.6) is 0 Å². The van der Waals surface area contributed by atoms with Crippen molar-refractivity contribution in [3.8, 4) is 0 Å². The summed E-state index contributed by atoms with van der Waals surface area (Å²) >= 11 is 12.0. The Balaban J connectivity index is 1.67. The summed E-state index contributed by atoms with van der Waals surface area (Å²) in [6, 6.07) is 4.49. The number of sulfonamides is 1. The monoisotopic (exact) mass is 419 g/mol. The van der Waals surface area contributed by atoms with Gasteiger partial charge in [0, 0.05) is 32.1 Å². The zero-order chi connectivity index (χ0) is 18.9. The second kappa shape index (κ2) is 7.72. The van der Waals surface area contributed by atoms with E-state index in [0.717, 1.165) is 0 Å². The van der Waals surface area contributed by atoms with Crippen LogP contribution in [-0.4, -0.2) is 62.2 Å². The van der Waals surface area contributed by atoms with Crippen LogP contribution >= 0.6 is 23.2 Å². The zero-order valence-corrected chi connectivity index (χ0v) is 16.3. The van der Waals surface area contributed by atoms with E-state index in [1.165, 1.54) is 16.4 Å². The van der Waals surface area contributed by atoms with Crippen LogP contribution < -0.4 is 5.32 Å². The van der Waals surface area contributed by atoms with Crippen LogP contribution in [0.2, 0.25) is 10.0 Å². The van der Waals surface area contributed by atoms with Crippen molar-refractivity contribution in [2.24, 2.45) is 5.92 Å². The van der Waals surface area contributed by atoms with Crippen LogP contribution in [0.25, 0.3) is 0 Å². The molecule has 0 aromatic heterocycles. The Hall–Kier alpha value is -1.35. The molecule has 2 aliphatic rings. The van der Waals surface area contributed by atoms with Gasteiger partial charge in [-0.05, 0) is 25.0 Å². The molecule has 0 unspecified atom stereocenters.